The molecule has 0 radical (unpaired) electrons. The van der Waals surface area contributed by atoms with E-state index in [1.54, 1.807) is 0 Å². The van der Waals surface area contributed by atoms with Crippen molar-refractivity contribution in [3.63, 3.8) is 0 Å². The highest BCUT2D eigenvalue weighted by Crippen LogP contribution is 2.42. The van der Waals surface area contributed by atoms with Gasteiger partial charge in [-0.1, -0.05) is 164 Å². The number of nitrogens with zero attached hydrogens (tertiary/aromatic N) is 1. The largest absolute Gasteiger partial charge is 0.309 e. The molecule has 0 saturated carbocycles. The predicted octanol–water partition coefficient (Wildman–Crippen LogP) is 15.4. The van der Waals surface area contributed by atoms with Gasteiger partial charge in [0.15, 0.2) is 0 Å². The van der Waals surface area contributed by atoms with Crippen LogP contribution in [0.5, 0.6) is 0 Å². The fourth-order valence-corrected chi connectivity index (χ4v) is 8.72. The van der Waals surface area contributed by atoms with Crippen LogP contribution >= 0.6 is 0 Å². The van der Waals surface area contributed by atoms with Crippen molar-refractivity contribution in [3.8, 4) is 72.4 Å². The summed E-state index contributed by atoms with van der Waals surface area (Å²) in [5.74, 6) is 0. The number of para-hydroxylation sites is 1. The highest BCUT2D eigenvalue weighted by molar-refractivity contribution is 6.25. The minimum Gasteiger partial charge on any atom is -0.309 e. The minimum atomic E-state index is 1.18. The van der Waals surface area contributed by atoms with Gasteiger partial charge in [-0.2, -0.15) is 0 Å². The zero-order valence-electron chi connectivity index (χ0n) is 31.3. The highest BCUT2D eigenvalue weighted by Gasteiger charge is 2.18. The van der Waals surface area contributed by atoms with Crippen molar-refractivity contribution in [1.82, 2.24) is 4.57 Å². The summed E-state index contributed by atoms with van der Waals surface area (Å²) in [6.45, 7) is 0. The van der Waals surface area contributed by atoms with E-state index in [9.17, 15) is 0 Å². The molecule has 0 spiro atoms. The van der Waals surface area contributed by atoms with Crippen LogP contribution < -0.4 is 0 Å². The topological polar surface area (TPSA) is 4.93 Å². The molecule has 57 heavy (non-hydrogen) atoms. The second-order valence-electron chi connectivity index (χ2n) is 15.0. The Kier molecular flexibility index (Phi) is 7.89. The average molecular weight is 724 g/mol. The molecule has 0 aliphatic carbocycles. The van der Waals surface area contributed by atoms with Gasteiger partial charge in [0.1, 0.15) is 0 Å². The molecule has 1 heterocycles. The Morgan fingerprint density at radius 1 is 0.211 bits per heavy atom. The molecule has 11 rings (SSSR count). The van der Waals surface area contributed by atoms with Gasteiger partial charge in [-0.15, -0.1) is 0 Å². The summed E-state index contributed by atoms with van der Waals surface area (Å²) in [7, 11) is 0. The SMILES string of the molecule is c1ccc(-c2cccc(-c3cc(-c4ccc(-c5cc6ccc7cccc8c7c6c(c5)n8-c5ccccc5)cc4)cc(-c4cccc(-c5ccccc5)c4)c3)c2)cc1. The fraction of sp³-hybridized carbons (Fsp3) is 0. The van der Waals surface area contributed by atoms with Crippen molar-refractivity contribution in [1.29, 1.82) is 0 Å². The van der Waals surface area contributed by atoms with Crippen molar-refractivity contribution in [2.24, 2.45) is 0 Å². The Hall–Kier alpha value is -7.48. The molecule has 0 fully saturated rings. The zero-order valence-corrected chi connectivity index (χ0v) is 31.3. The van der Waals surface area contributed by atoms with Crippen molar-refractivity contribution >= 4 is 32.6 Å². The highest BCUT2D eigenvalue weighted by atomic mass is 15.0. The molecule has 0 unspecified atom stereocenters. The van der Waals surface area contributed by atoms with Gasteiger partial charge in [0.25, 0.3) is 0 Å². The van der Waals surface area contributed by atoms with Gasteiger partial charge in [0.2, 0.25) is 0 Å². The van der Waals surface area contributed by atoms with E-state index in [0.717, 1.165) is 0 Å². The lowest BCUT2D eigenvalue weighted by Gasteiger charge is -2.14. The van der Waals surface area contributed by atoms with Gasteiger partial charge >= 0.3 is 0 Å². The van der Waals surface area contributed by atoms with Crippen LogP contribution in [-0.2, 0) is 0 Å². The summed E-state index contributed by atoms with van der Waals surface area (Å²) >= 11 is 0. The molecule has 10 aromatic carbocycles. The normalized spacial score (nSPS) is 11.5. The number of rotatable bonds is 7. The first-order chi connectivity index (χ1) is 28.2. The van der Waals surface area contributed by atoms with E-state index in [4.69, 9.17) is 0 Å². The van der Waals surface area contributed by atoms with Crippen LogP contribution in [0.2, 0.25) is 0 Å². The summed E-state index contributed by atoms with van der Waals surface area (Å²) in [6.07, 6.45) is 0. The number of hydrogen-bond acceptors (Lipinski definition) is 0. The summed E-state index contributed by atoms with van der Waals surface area (Å²) in [5, 5.41) is 5.19. The molecule has 1 heteroatoms. The third-order valence-corrected chi connectivity index (χ3v) is 11.5. The molecular formula is C56H37N. The molecule has 0 aliphatic heterocycles. The third kappa shape index (κ3) is 5.89. The van der Waals surface area contributed by atoms with E-state index in [1.807, 2.05) is 0 Å². The quantitative estimate of drug-likeness (QED) is 0.144. The second kappa shape index (κ2) is 13.7. The molecule has 0 bridgehead atoms. The maximum Gasteiger partial charge on any atom is 0.0553 e. The van der Waals surface area contributed by atoms with E-state index < -0.39 is 0 Å². The molecule has 0 saturated heterocycles. The van der Waals surface area contributed by atoms with Gasteiger partial charge < -0.3 is 4.57 Å². The summed E-state index contributed by atoms with van der Waals surface area (Å²) in [6, 6.07) is 82.0. The van der Waals surface area contributed by atoms with Crippen LogP contribution in [-0.4, -0.2) is 4.57 Å². The Morgan fingerprint density at radius 3 is 1.16 bits per heavy atom. The maximum atomic E-state index is 2.43. The zero-order chi connectivity index (χ0) is 37.7. The van der Waals surface area contributed by atoms with Gasteiger partial charge in [-0.05, 0) is 138 Å². The van der Waals surface area contributed by atoms with Crippen LogP contribution in [0.1, 0.15) is 0 Å². The minimum absolute atomic E-state index is 1.18. The molecule has 0 N–H and O–H groups in total. The van der Waals surface area contributed by atoms with Crippen molar-refractivity contribution in [2.75, 3.05) is 0 Å². The molecule has 11 aromatic rings. The molecule has 266 valence electrons. The standard InChI is InChI=1S/C56H37N/c1-4-13-38(14-5-1)43-18-10-20-45(31-43)49-34-48(35-50(36-49)46-21-11-19-44(32-46)39-15-6-2-7-16-39)40-25-27-41(28-26-40)51-33-47-30-29-42-17-12-24-53-55(42)56(47)54(37-51)57(53)52-22-8-3-9-23-52/h1-37H. The van der Waals surface area contributed by atoms with Crippen LogP contribution in [0.15, 0.2) is 224 Å². The first-order valence-corrected chi connectivity index (χ1v) is 19.7. The number of aromatic nitrogens is 1. The van der Waals surface area contributed by atoms with Gasteiger partial charge in [-0.25, -0.2) is 0 Å². The van der Waals surface area contributed by atoms with Crippen LogP contribution in [0.25, 0.3) is 105 Å². The maximum absolute atomic E-state index is 2.43. The Morgan fingerprint density at radius 2 is 0.596 bits per heavy atom. The number of hydrogen-bond donors (Lipinski definition) is 0. The molecule has 1 nitrogen and oxygen atoms in total. The fourth-order valence-electron chi connectivity index (χ4n) is 8.72. The van der Waals surface area contributed by atoms with Crippen LogP contribution in [0.4, 0.5) is 0 Å². The lowest BCUT2D eigenvalue weighted by molar-refractivity contribution is 1.18. The van der Waals surface area contributed by atoms with E-state index >= 15 is 0 Å². The third-order valence-electron chi connectivity index (χ3n) is 11.5. The predicted molar refractivity (Wildman–Crippen MR) is 242 cm³/mol. The van der Waals surface area contributed by atoms with E-state index in [2.05, 4.69) is 229 Å². The molecular weight excluding hydrogens is 687 g/mol. The molecule has 1 aromatic heterocycles. The second-order valence-corrected chi connectivity index (χ2v) is 15.0. The molecule has 0 atom stereocenters. The Balaban J connectivity index is 1.03. The Labute approximate surface area is 332 Å². The van der Waals surface area contributed by atoms with Crippen molar-refractivity contribution in [3.05, 3.63) is 224 Å². The van der Waals surface area contributed by atoms with E-state index in [1.165, 1.54) is 105 Å². The lowest BCUT2D eigenvalue weighted by atomic mass is 9.90. The summed E-state index contributed by atoms with van der Waals surface area (Å²) in [5.41, 5.74) is 18.1. The monoisotopic (exact) mass is 723 g/mol. The number of benzene rings is 10. The van der Waals surface area contributed by atoms with Crippen molar-refractivity contribution < 1.29 is 0 Å². The first kappa shape index (κ1) is 32.9. The molecule has 0 amide bonds. The molecule has 0 aliphatic rings. The summed E-state index contributed by atoms with van der Waals surface area (Å²) in [4.78, 5) is 0. The average Bonchev–Trinajstić information content (AvgIpc) is 3.64. The summed E-state index contributed by atoms with van der Waals surface area (Å²) < 4.78 is 2.43. The van der Waals surface area contributed by atoms with Gasteiger partial charge in [0.05, 0.1) is 11.0 Å². The van der Waals surface area contributed by atoms with Crippen LogP contribution in [0, 0.1) is 0 Å². The lowest BCUT2D eigenvalue weighted by Crippen LogP contribution is -1.93. The van der Waals surface area contributed by atoms with Crippen molar-refractivity contribution in [2.45, 2.75) is 0 Å². The van der Waals surface area contributed by atoms with Crippen LogP contribution in [0.3, 0.4) is 0 Å². The van der Waals surface area contributed by atoms with Gasteiger partial charge in [0, 0.05) is 16.5 Å². The smallest absolute Gasteiger partial charge is 0.0553 e. The first-order valence-electron chi connectivity index (χ1n) is 19.7. The van der Waals surface area contributed by atoms with E-state index in [0.29, 0.717) is 0 Å². The van der Waals surface area contributed by atoms with Gasteiger partial charge in [-0.3, -0.25) is 0 Å². The van der Waals surface area contributed by atoms with E-state index in [-0.39, 0.29) is 0 Å². The Bertz CT molecular complexity index is 3090.